The van der Waals surface area contributed by atoms with Crippen molar-refractivity contribution in [1.82, 2.24) is 34.7 Å². The number of likely N-dealkylation sites (tertiary alicyclic amines) is 1. The number of piperidine rings is 1. The van der Waals surface area contributed by atoms with Crippen molar-refractivity contribution in [2.45, 2.75) is 25.3 Å². The van der Waals surface area contributed by atoms with Crippen LogP contribution in [-0.2, 0) is 13.5 Å². The number of carbonyl (C=O) groups excluding carboxylic acids is 1. The van der Waals surface area contributed by atoms with Crippen molar-refractivity contribution in [2.24, 2.45) is 7.05 Å². The Bertz CT molecular complexity index is 1270. The molecule has 1 aliphatic rings. The van der Waals surface area contributed by atoms with Gasteiger partial charge in [-0.1, -0.05) is 6.07 Å². The van der Waals surface area contributed by atoms with Crippen LogP contribution in [0.4, 0.5) is 4.39 Å². The Morgan fingerprint density at radius 1 is 1.06 bits per heavy atom. The first-order valence-corrected chi connectivity index (χ1v) is 11.2. The Kier molecular flexibility index (Phi) is 5.95. The van der Waals surface area contributed by atoms with E-state index in [9.17, 15) is 9.18 Å². The fraction of sp³-hybridized carbons (Fsp3) is 0.375. The molecule has 0 unspecified atom stereocenters. The van der Waals surface area contributed by atoms with Gasteiger partial charge in [0.15, 0.2) is 5.78 Å². The standard InChI is InChI=1S/C24H26FN7O/c1-30-15-19(13-26-30)17-2-3-23-18(10-17)11-21(28-29-23)12-24(33)20-14-27-32(16-20)22-4-7-31(8-5-22)9-6-25/h2-3,10-11,13-16,22H,4-9,12H2,1H3. The van der Waals surface area contributed by atoms with Gasteiger partial charge in [-0.25, -0.2) is 4.39 Å². The molecule has 4 heterocycles. The van der Waals surface area contributed by atoms with Crippen LogP contribution in [0.5, 0.6) is 0 Å². The minimum Gasteiger partial charge on any atom is -0.301 e. The zero-order chi connectivity index (χ0) is 22.8. The van der Waals surface area contributed by atoms with Crippen molar-refractivity contribution < 1.29 is 9.18 Å². The van der Waals surface area contributed by atoms with E-state index in [1.807, 2.05) is 54.6 Å². The number of aryl methyl sites for hydroxylation is 1. The Morgan fingerprint density at radius 2 is 1.91 bits per heavy atom. The van der Waals surface area contributed by atoms with Crippen LogP contribution >= 0.6 is 0 Å². The van der Waals surface area contributed by atoms with Crippen molar-refractivity contribution >= 4 is 16.7 Å². The minimum absolute atomic E-state index is 0.0341. The van der Waals surface area contributed by atoms with Crippen molar-refractivity contribution in [3.63, 3.8) is 0 Å². The van der Waals surface area contributed by atoms with Gasteiger partial charge in [-0.2, -0.15) is 20.4 Å². The smallest absolute Gasteiger partial charge is 0.172 e. The number of aromatic nitrogens is 6. The highest BCUT2D eigenvalue weighted by molar-refractivity contribution is 5.97. The molecule has 3 aromatic heterocycles. The van der Waals surface area contributed by atoms with Crippen molar-refractivity contribution in [3.05, 3.63) is 60.3 Å². The normalized spacial score (nSPS) is 15.3. The summed E-state index contributed by atoms with van der Waals surface area (Å²) in [7, 11) is 1.89. The molecule has 1 aliphatic heterocycles. The molecule has 5 rings (SSSR count). The first kappa shape index (κ1) is 21.4. The van der Waals surface area contributed by atoms with E-state index in [1.165, 1.54) is 0 Å². The third kappa shape index (κ3) is 4.68. The van der Waals surface area contributed by atoms with Crippen LogP contribution in [-0.4, -0.2) is 66.8 Å². The van der Waals surface area contributed by atoms with Crippen LogP contribution in [0.25, 0.3) is 22.0 Å². The molecular weight excluding hydrogens is 421 g/mol. The molecule has 9 heteroatoms. The number of rotatable bonds is 7. The monoisotopic (exact) mass is 447 g/mol. The summed E-state index contributed by atoms with van der Waals surface area (Å²) in [5.41, 5.74) is 4.05. The summed E-state index contributed by atoms with van der Waals surface area (Å²) in [6.45, 7) is 1.89. The number of carbonyl (C=O) groups is 1. The first-order chi connectivity index (χ1) is 16.1. The molecule has 0 amide bonds. The van der Waals surface area contributed by atoms with Gasteiger partial charge in [0.1, 0.15) is 6.67 Å². The first-order valence-electron chi connectivity index (χ1n) is 11.2. The molecule has 0 radical (unpaired) electrons. The number of fused-ring (bicyclic) bond motifs is 1. The van der Waals surface area contributed by atoms with Crippen LogP contribution in [0, 0.1) is 0 Å². The third-order valence-corrected chi connectivity index (χ3v) is 6.27. The third-order valence-electron chi connectivity index (χ3n) is 6.27. The van der Waals surface area contributed by atoms with Gasteiger partial charge in [-0.3, -0.25) is 14.2 Å². The van der Waals surface area contributed by atoms with Crippen molar-refractivity contribution in [2.75, 3.05) is 26.3 Å². The predicted molar refractivity (Wildman–Crippen MR) is 123 cm³/mol. The summed E-state index contributed by atoms with van der Waals surface area (Å²) in [6.07, 6.45) is 9.22. The van der Waals surface area contributed by atoms with Crippen molar-refractivity contribution in [1.29, 1.82) is 0 Å². The van der Waals surface area contributed by atoms with Crippen LogP contribution in [0.2, 0.25) is 0 Å². The van der Waals surface area contributed by atoms with Gasteiger partial charge >= 0.3 is 0 Å². The zero-order valence-corrected chi connectivity index (χ0v) is 18.6. The summed E-state index contributed by atoms with van der Waals surface area (Å²) >= 11 is 0. The van der Waals surface area contributed by atoms with Crippen molar-refractivity contribution in [3.8, 4) is 11.1 Å². The Labute approximate surface area is 191 Å². The average Bonchev–Trinajstić information content (AvgIpc) is 3.49. The Morgan fingerprint density at radius 3 is 2.67 bits per heavy atom. The number of nitrogens with zero attached hydrogens (tertiary/aromatic N) is 7. The number of ketones is 1. The lowest BCUT2D eigenvalue weighted by Gasteiger charge is -2.31. The molecular formula is C24H26FN7O. The van der Waals surface area contributed by atoms with E-state index in [0.717, 1.165) is 48.0 Å². The maximum atomic E-state index is 12.9. The van der Waals surface area contributed by atoms with E-state index in [1.54, 1.807) is 10.9 Å². The van der Waals surface area contributed by atoms with E-state index in [0.29, 0.717) is 17.8 Å². The number of hydrogen-bond donors (Lipinski definition) is 0. The molecule has 0 spiro atoms. The van der Waals surface area contributed by atoms with E-state index >= 15 is 0 Å². The second-order valence-electron chi connectivity index (χ2n) is 8.58. The molecule has 0 aliphatic carbocycles. The molecule has 0 atom stereocenters. The zero-order valence-electron chi connectivity index (χ0n) is 18.6. The maximum Gasteiger partial charge on any atom is 0.172 e. The summed E-state index contributed by atoms with van der Waals surface area (Å²) < 4.78 is 16.2. The van der Waals surface area contributed by atoms with Gasteiger partial charge in [0.25, 0.3) is 0 Å². The fourth-order valence-corrected chi connectivity index (χ4v) is 4.40. The lowest BCUT2D eigenvalue weighted by atomic mass is 10.0. The van der Waals surface area contributed by atoms with Gasteiger partial charge in [0.2, 0.25) is 0 Å². The molecule has 0 saturated carbocycles. The van der Waals surface area contributed by atoms with Gasteiger partial charge in [0, 0.05) is 50.0 Å². The number of Topliss-reactive ketones (excluding diaryl/α,β-unsaturated/α-hetero) is 1. The Balaban J connectivity index is 1.28. The van der Waals surface area contributed by atoms with Gasteiger partial charge in [-0.15, -0.1) is 0 Å². The topological polar surface area (TPSA) is 81.7 Å². The second-order valence-corrected chi connectivity index (χ2v) is 8.58. The molecule has 170 valence electrons. The molecule has 0 bridgehead atoms. The summed E-state index contributed by atoms with van der Waals surface area (Å²) in [4.78, 5) is 15.0. The fourth-order valence-electron chi connectivity index (χ4n) is 4.40. The molecule has 33 heavy (non-hydrogen) atoms. The molecule has 0 N–H and O–H groups in total. The predicted octanol–water partition coefficient (Wildman–Crippen LogP) is 3.26. The number of hydrogen-bond acceptors (Lipinski definition) is 6. The quantitative estimate of drug-likeness (QED) is 0.405. The Hall–Kier alpha value is -3.46. The lowest BCUT2D eigenvalue weighted by molar-refractivity contribution is 0.0991. The van der Waals surface area contributed by atoms with Crippen LogP contribution < -0.4 is 0 Å². The molecule has 1 saturated heterocycles. The minimum atomic E-state index is -0.312. The van der Waals surface area contributed by atoms with Gasteiger partial charge < -0.3 is 4.90 Å². The number of halogens is 1. The summed E-state index contributed by atoms with van der Waals surface area (Å²) in [5, 5.41) is 18.1. The number of benzene rings is 1. The van der Waals surface area contributed by atoms with Gasteiger partial charge in [-0.05, 0) is 36.6 Å². The molecule has 1 fully saturated rings. The van der Waals surface area contributed by atoms with Gasteiger partial charge in [0.05, 0.1) is 41.6 Å². The summed E-state index contributed by atoms with van der Waals surface area (Å²) in [6, 6.07) is 8.14. The lowest BCUT2D eigenvalue weighted by Crippen LogP contribution is -2.36. The van der Waals surface area contributed by atoms with E-state index in [4.69, 9.17) is 0 Å². The average molecular weight is 448 g/mol. The van der Waals surface area contributed by atoms with Crippen LogP contribution in [0.15, 0.2) is 49.1 Å². The van der Waals surface area contributed by atoms with E-state index in [-0.39, 0.29) is 24.9 Å². The SMILES string of the molecule is Cn1cc(-c2ccc3nnc(CC(=O)c4cnn(C5CCN(CCF)CC5)c4)cc3c2)cn1. The highest BCUT2D eigenvalue weighted by Crippen LogP contribution is 2.24. The molecule has 1 aromatic carbocycles. The van der Waals surface area contributed by atoms with Crippen LogP contribution in [0.1, 0.15) is 34.9 Å². The molecule has 8 nitrogen and oxygen atoms in total. The molecule has 4 aromatic rings. The van der Waals surface area contributed by atoms with E-state index < -0.39 is 0 Å². The summed E-state index contributed by atoms with van der Waals surface area (Å²) in [5.74, 6) is -0.0341. The largest absolute Gasteiger partial charge is 0.301 e. The number of alkyl halides is 1. The second kappa shape index (κ2) is 9.19. The highest BCUT2D eigenvalue weighted by Gasteiger charge is 2.22. The van der Waals surface area contributed by atoms with E-state index in [2.05, 4.69) is 25.3 Å². The van der Waals surface area contributed by atoms with Crippen LogP contribution in [0.3, 0.4) is 0 Å². The maximum absolute atomic E-state index is 12.9. The highest BCUT2D eigenvalue weighted by atomic mass is 19.1.